The lowest BCUT2D eigenvalue weighted by atomic mass is 10.1. The number of anilines is 1. The molecule has 10 heteroatoms. The zero-order valence-electron chi connectivity index (χ0n) is 14.8. The fraction of sp³-hybridized carbons (Fsp3) is 0.0526. The van der Waals surface area contributed by atoms with Crippen molar-refractivity contribution in [1.29, 1.82) is 0 Å². The molecule has 8 nitrogen and oxygen atoms in total. The Balaban J connectivity index is 1.68. The molecule has 0 radical (unpaired) electrons. The second-order valence-electron chi connectivity index (χ2n) is 6.41. The molecule has 0 aliphatic heterocycles. The van der Waals surface area contributed by atoms with Gasteiger partial charge in [0, 0.05) is 30.0 Å². The van der Waals surface area contributed by atoms with E-state index in [1.807, 2.05) is 0 Å². The number of rotatable bonds is 3. The van der Waals surface area contributed by atoms with Crippen LogP contribution in [0.5, 0.6) is 0 Å². The van der Waals surface area contributed by atoms with Gasteiger partial charge in [0.25, 0.3) is 10.0 Å². The molecule has 0 saturated heterocycles. The van der Waals surface area contributed by atoms with E-state index in [2.05, 4.69) is 4.72 Å². The number of aromatic nitrogens is 1. The second-order valence-corrected chi connectivity index (χ2v) is 9.04. The number of hydrogen-bond donors (Lipinski definition) is 1. The summed E-state index contributed by atoms with van der Waals surface area (Å²) in [7, 11) is -2.46. The fourth-order valence-corrected chi connectivity index (χ4v) is 5.14. The van der Waals surface area contributed by atoms with E-state index in [-0.39, 0.29) is 16.2 Å². The van der Waals surface area contributed by atoms with Gasteiger partial charge < -0.3 is 8.83 Å². The molecule has 0 amide bonds. The third-order valence-corrected chi connectivity index (χ3v) is 6.90. The Morgan fingerprint density at radius 1 is 0.966 bits per heavy atom. The summed E-state index contributed by atoms with van der Waals surface area (Å²) in [6.07, 6.45) is 0. The molecule has 1 N–H and O–H groups in total. The first-order chi connectivity index (χ1) is 13.8. The normalized spacial score (nSPS) is 12.2. The quantitative estimate of drug-likeness (QED) is 0.472. The zero-order valence-corrected chi connectivity index (χ0v) is 16.5. The highest BCUT2D eigenvalue weighted by atomic mass is 32.2. The van der Waals surface area contributed by atoms with E-state index in [1.54, 1.807) is 24.3 Å². The summed E-state index contributed by atoms with van der Waals surface area (Å²) in [6.45, 7) is 0. The molecule has 0 aliphatic rings. The van der Waals surface area contributed by atoms with E-state index in [0.717, 1.165) is 11.3 Å². The minimum atomic E-state index is -4.00. The van der Waals surface area contributed by atoms with E-state index < -0.39 is 20.7 Å². The van der Waals surface area contributed by atoms with Gasteiger partial charge in [-0.15, -0.1) is 0 Å². The number of sulfonamides is 1. The predicted molar refractivity (Wildman–Crippen MR) is 110 cm³/mol. The van der Waals surface area contributed by atoms with Crippen molar-refractivity contribution in [2.24, 2.45) is 7.05 Å². The minimum Gasteiger partial charge on any atom is -0.414 e. The molecule has 146 valence electrons. The molecule has 29 heavy (non-hydrogen) atoms. The summed E-state index contributed by atoms with van der Waals surface area (Å²) in [5.74, 6) is -0.577. The van der Waals surface area contributed by atoms with Gasteiger partial charge in [0.15, 0.2) is 11.2 Å². The van der Waals surface area contributed by atoms with Crippen LogP contribution in [0, 0.1) is 0 Å². The SMILES string of the molecule is Cn1c(=O)oc2cc(S(=O)(=O)Nc3cc4oc(=O)sc4c4ccccc34)ccc21. The third-order valence-electron chi connectivity index (χ3n) is 4.66. The maximum absolute atomic E-state index is 13.0. The van der Waals surface area contributed by atoms with Crippen LogP contribution in [0.2, 0.25) is 0 Å². The summed E-state index contributed by atoms with van der Waals surface area (Å²) in [4.78, 5) is 22.8. The zero-order chi connectivity index (χ0) is 20.3. The number of oxazole rings is 1. The molecule has 0 bridgehead atoms. The van der Waals surface area contributed by atoms with Gasteiger partial charge in [0.1, 0.15) is 0 Å². The molecule has 0 atom stereocenters. The van der Waals surface area contributed by atoms with Gasteiger partial charge in [-0.2, -0.15) is 0 Å². The molecule has 0 fully saturated rings. The second kappa shape index (κ2) is 6.06. The number of aryl methyl sites for hydroxylation is 1. The van der Waals surface area contributed by atoms with Crippen LogP contribution >= 0.6 is 11.3 Å². The van der Waals surface area contributed by atoms with Gasteiger partial charge in [0.05, 0.1) is 20.8 Å². The summed E-state index contributed by atoms with van der Waals surface area (Å²) in [5.41, 5.74) is 1.25. The Hall–Kier alpha value is -3.37. The van der Waals surface area contributed by atoms with Crippen LogP contribution < -0.4 is 15.4 Å². The lowest BCUT2D eigenvalue weighted by Crippen LogP contribution is -2.13. The molecular weight excluding hydrogens is 416 g/mol. The van der Waals surface area contributed by atoms with E-state index in [9.17, 15) is 18.0 Å². The van der Waals surface area contributed by atoms with Crippen molar-refractivity contribution in [2.75, 3.05) is 4.72 Å². The van der Waals surface area contributed by atoms with Crippen molar-refractivity contribution >= 4 is 59.2 Å². The van der Waals surface area contributed by atoms with Gasteiger partial charge in [0.2, 0.25) is 0 Å². The highest BCUT2D eigenvalue weighted by molar-refractivity contribution is 7.92. The first-order valence-corrected chi connectivity index (χ1v) is 10.7. The molecule has 0 unspecified atom stereocenters. The van der Waals surface area contributed by atoms with E-state index in [1.165, 1.54) is 35.9 Å². The Bertz CT molecular complexity index is 1650. The maximum Gasteiger partial charge on any atom is 0.419 e. The first kappa shape index (κ1) is 17.7. The summed E-state index contributed by atoms with van der Waals surface area (Å²) < 4.78 is 40.8. The molecule has 0 saturated carbocycles. The van der Waals surface area contributed by atoms with Gasteiger partial charge >= 0.3 is 10.7 Å². The summed E-state index contributed by atoms with van der Waals surface area (Å²) in [6, 6.07) is 12.8. The van der Waals surface area contributed by atoms with Gasteiger partial charge in [-0.1, -0.05) is 35.6 Å². The van der Waals surface area contributed by atoms with E-state index in [0.29, 0.717) is 26.6 Å². The third kappa shape index (κ3) is 2.76. The van der Waals surface area contributed by atoms with Gasteiger partial charge in [-0.25, -0.2) is 18.0 Å². The van der Waals surface area contributed by atoms with Crippen molar-refractivity contribution < 1.29 is 17.3 Å². The van der Waals surface area contributed by atoms with Crippen molar-refractivity contribution in [1.82, 2.24) is 4.57 Å². The molecule has 2 aromatic heterocycles. The van der Waals surface area contributed by atoms with Crippen molar-refractivity contribution in [3.8, 4) is 0 Å². The molecule has 5 aromatic rings. The summed E-state index contributed by atoms with van der Waals surface area (Å²) >= 11 is 0.966. The Morgan fingerprint density at radius 2 is 1.72 bits per heavy atom. The Morgan fingerprint density at radius 3 is 2.52 bits per heavy atom. The number of nitrogens with one attached hydrogen (secondary N) is 1. The first-order valence-electron chi connectivity index (χ1n) is 8.41. The van der Waals surface area contributed by atoms with Crippen LogP contribution in [0.1, 0.15) is 0 Å². The van der Waals surface area contributed by atoms with Crippen LogP contribution in [0.25, 0.3) is 32.2 Å². The molecule has 0 aliphatic carbocycles. The average Bonchev–Trinajstić information content (AvgIpc) is 3.20. The van der Waals surface area contributed by atoms with Gasteiger partial charge in [-0.3, -0.25) is 9.29 Å². The number of benzene rings is 3. The smallest absolute Gasteiger partial charge is 0.414 e. The summed E-state index contributed by atoms with van der Waals surface area (Å²) in [5, 5.41) is 1.34. The topological polar surface area (TPSA) is 112 Å². The standard InChI is InChI=1S/C19H12N2O6S2/c1-21-14-7-6-10(8-15(14)26-18(21)22)29(24,25)20-13-9-16-17(28-19(23)27-16)12-5-3-2-4-11(12)13/h2-9,20H,1H3. The molecule has 2 heterocycles. The molecule has 0 spiro atoms. The predicted octanol–water partition coefficient (Wildman–Crippen LogP) is 3.25. The highest BCUT2D eigenvalue weighted by Gasteiger charge is 2.20. The highest BCUT2D eigenvalue weighted by Crippen LogP contribution is 2.34. The van der Waals surface area contributed by atoms with Gasteiger partial charge in [-0.05, 0) is 12.1 Å². The lowest BCUT2D eigenvalue weighted by Gasteiger charge is -2.11. The van der Waals surface area contributed by atoms with Crippen molar-refractivity contribution in [3.63, 3.8) is 0 Å². The minimum absolute atomic E-state index is 0.0599. The van der Waals surface area contributed by atoms with E-state index >= 15 is 0 Å². The molecule has 5 rings (SSSR count). The number of hydrogen-bond acceptors (Lipinski definition) is 7. The fourth-order valence-electron chi connectivity index (χ4n) is 3.27. The molecule has 3 aromatic carbocycles. The number of nitrogens with zero attached hydrogens (tertiary/aromatic N) is 1. The lowest BCUT2D eigenvalue weighted by molar-refractivity contribution is 0.527. The van der Waals surface area contributed by atoms with Crippen LogP contribution in [0.4, 0.5) is 5.69 Å². The Labute approximate surface area is 166 Å². The van der Waals surface area contributed by atoms with Crippen LogP contribution in [0.3, 0.4) is 0 Å². The number of fused-ring (bicyclic) bond motifs is 4. The van der Waals surface area contributed by atoms with Crippen LogP contribution in [0.15, 0.2) is 71.8 Å². The Kier molecular flexibility index (Phi) is 3.70. The van der Waals surface area contributed by atoms with Crippen molar-refractivity contribution in [2.45, 2.75) is 4.90 Å². The molecular formula is C19H12N2O6S2. The maximum atomic E-state index is 13.0. The van der Waals surface area contributed by atoms with Crippen LogP contribution in [-0.2, 0) is 17.1 Å². The van der Waals surface area contributed by atoms with Crippen molar-refractivity contribution in [3.05, 3.63) is 68.8 Å². The average molecular weight is 428 g/mol. The monoisotopic (exact) mass is 428 g/mol. The largest absolute Gasteiger partial charge is 0.419 e. The van der Waals surface area contributed by atoms with Crippen LogP contribution in [-0.4, -0.2) is 13.0 Å². The van der Waals surface area contributed by atoms with E-state index in [4.69, 9.17) is 8.83 Å².